The first-order valence-corrected chi connectivity index (χ1v) is 7.82. The van der Waals surface area contributed by atoms with Crippen LogP contribution in [0.4, 0.5) is 5.69 Å². The van der Waals surface area contributed by atoms with Gasteiger partial charge in [-0.3, -0.25) is 9.48 Å². The van der Waals surface area contributed by atoms with Gasteiger partial charge in [-0.05, 0) is 25.1 Å². The van der Waals surface area contributed by atoms with Crippen LogP contribution in [-0.4, -0.2) is 30.5 Å². The number of benzene rings is 1. The maximum absolute atomic E-state index is 12.5. The molecule has 1 aromatic carbocycles. The SMILES string of the molecule is Cc1nn(C)c2ncc(NC(=O)c3cnn(-c4ccccc4)c3)cc12. The predicted octanol–water partition coefficient (Wildman–Crippen LogP) is 2.71. The van der Waals surface area contributed by atoms with Crippen LogP contribution in [0.1, 0.15) is 16.1 Å². The molecule has 7 heteroatoms. The second kappa shape index (κ2) is 5.86. The summed E-state index contributed by atoms with van der Waals surface area (Å²) < 4.78 is 3.39. The van der Waals surface area contributed by atoms with Crippen LogP contribution < -0.4 is 5.32 Å². The van der Waals surface area contributed by atoms with Gasteiger partial charge in [0.1, 0.15) is 0 Å². The monoisotopic (exact) mass is 332 g/mol. The lowest BCUT2D eigenvalue weighted by Crippen LogP contribution is -2.11. The van der Waals surface area contributed by atoms with Crippen LogP contribution in [0, 0.1) is 6.92 Å². The standard InChI is InChI=1S/C18H16N6O/c1-12-16-8-14(10-19-17(16)23(2)22-12)21-18(25)13-9-20-24(11-13)15-6-4-3-5-7-15/h3-11H,1-2H3,(H,21,25). The lowest BCUT2D eigenvalue weighted by atomic mass is 10.2. The summed E-state index contributed by atoms with van der Waals surface area (Å²) in [5, 5.41) is 12.4. The van der Waals surface area contributed by atoms with Gasteiger partial charge in [0, 0.05) is 18.6 Å². The van der Waals surface area contributed by atoms with Gasteiger partial charge in [-0.1, -0.05) is 18.2 Å². The number of carbonyl (C=O) groups excluding carboxylic acids is 1. The van der Waals surface area contributed by atoms with Crippen molar-refractivity contribution >= 4 is 22.6 Å². The Balaban J connectivity index is 1.58. The number of nitrogens with one attached hydrogen (secondary N) is 1. The van der Waals surface area contributed by atoms with Gasteiger partial charge in [0.25, 0.3) is 5.91 Å². The fraction of sp³-hybridized carbons (Fsp3) is 0.111. The zero-order valence-corrected chi connectivity index (χ0v) is 13.8. The van der Waals surface area contributed by atoms with E-state index in [1.807, 2.05) is 50.4 Å². The van der Waals surface area contributed by atoms with E-state index in [9.17, 15) is 4.79 Å². The van der Waals surface area contributed by atoms with Crippen molar-refractivity contribution in [2.75, 3.05) is 5.32 Å². The molecule has 124 valence electrons. The molecule has 0 bridgehead atoms. The first-order chi connectivity index (χ1) is 12.1. The summed E-state index contributed by atoms with van der Waals surface area (Å²) in [6.45, 7) is 1.92. The quantitative estimate of drug-likeness (QED) is 0.626. The molecule has 3 heterocycles. The van der Waals surface area contributed by atoms with Crippen LogP contribution in [0.15, 0.2) is 55.0 Å². The van der Waals surface area contributed by atoms with E-state index in [2.05, 4.69) is 20.5 Å². The van der Waals surface area contributed by atoms with Gasteiger partial charge in [0.05, 0.1) is 35.0 Å². The second-order valence-electron chi connectivity index (χ2n) is 5.77. The van der Waals surface area contributed by atoms with Crippen molar-refractivity contribution in [1.82, 2.24) is 24.5 Å². The molecular formula is C18H16N6O. The van der Waals surface area contributed by atoms with Crippen molar-refractivity contribution in [1.29, 1.82) is 0 Å². The van der Waals surface area contributed by atoms with E-state index in [-0.39, 0.29) is 5.91 Å². The molecule has 0 fully saturated rings. The summed E-state index contributed by atoms with van der Waals surface area (Å²) in [5.41, 5.74) is 3.66. The summed E-state index contributed by atoms with van der Waals surface area (Å²) in [7, 11) is 1.85. The largest absolute Gasteiger partial charge is 0.320 e. The highest BCUT2D eigenvalue weighted by molar-refractivity contribution is 6.04. The molecule has 0 aliphatic rings. The molecule has 4 aromatic rings. The Morgan fingerprint density at radius 2 is 1.96 bits per heavy atom. The highest BCUT2D eigenvalue weighted by atomic mass is 16.1. The van der Waals surface area contributed by atoms with Crippen molar-refractivity contribution in [2.45, 2.75) is 6.92 Å². The lowest BCUT2D eigenvalue weighted by Gasteiger charge is -2.03. The molecule has 7 nitrogen and oxygen atoms in total. The van der Waals surface area contributed by atoms with E-state index >= 15 is 0 Å². The first-order valence-electron chi connectivity index (χ1n) is 7.82. The minimum absolute atomic E-state index is 0.232. The average Bonchev–Trinajstić information content (AvgIpc) is 3.22. The molecule has 4 rings (SSSR count). The van der Waals surface area contributed by atoms with E-state index in [0.717, 1.165) is 22.4 Å². The van der Waals surface area contributed by atoms with Crippen molar-refractivity contribution in [3.8, 4) is 5.69 Å². The molecule has 0 aliphatic heterocycles. The van der Waals surface area contributed by atoms with Crippen LogP contribution in [0.2, 0.25) is 0 Å². The Morgan fingerprint density at radius 3 is 2.76 bits per heavy atom. The number of aryl methyl sites for hydroxylation is 2. The van der Waals surface area contributed by atoms with Gasteiger partial charge in [0.15, 0.2) is 5.65 Å². The molecule has 0 saturated carbocycles. The highest BCUT2D eigenvalue weighted by Crippen LogP contribution is 2.20. The molecule has 0 unspecified atom stereocenters. The van der Waals surface area contributed by atoms with Gasteiger partial charge in [0.2, 0.25) is 0 Å². The van der Waals surface area contributed by atoms with E-state index < -0.39 is 0 Å². The third kappa shape index (κ3) is 2.76. The van der Waals surface area contributed by atoms with E-state index in [1.165, 1.54) is 0 Å². The summed E-state index contributed by atoms with van der Waals surface area (Å²) in [6, 6.07) is 11.5. The summed E-state index contributed by atoms with van der Waals surface area (Å²) in [6.07, 6.45) is 4.87. The number of nitrogens with zero attached hydrogens (tertiary/aromatic N) is 5. The normalized spacial score (nSPS) is 11.0. The van der Waals surface area contributed by atoms with Gasteiger partial charge in [-0.15, -0.1) is 0 Å². The Labute approximate surface area is 143 Å². The Bertz CT molecular complexity index is 1060. The number of anilines is 1. The number of rotatable bonds is 3. The third-order valence-electron chi connectivity index (χ3n) is 3.99. The lowest BCUT2D eigenvalue weighted by molar-refractivity contribution is 0.102. The summed E-state index contributed by atoms with van der Waals surface area (Å²) in [5.74, 6) is -0.232. The van der Waals surface area contributed by atoms with Crippen LogP contribution in [0.25, 0.3) is 16.7 Å². The minimum Gasteiger partial charge on any atom is -0.320 e. The molecule has 0 aliphatic carbocycles. The number of amides is 1. The number of para-hydroxylation sites is 1. The number of pyridine rings is 1. The zero-order chi connectivity index (χ0) is 17.4. The smallest absolute Gasteiger partial charge is 0.258 e. The van der Waals surface area contributed by atoms with Crippen molar-refractivity contribution in [3.05, 3.63) is 66.2 Å². The van der Waals surface area contributed by atoms with Gasteiger partial charge in [-0.25, -0.2) is 9.67 Å². The number of aromatic nitrogens is 5. The maximum atomic E-state index is 12.5. The first kappa shape index (κ1) is 15.1. The molecule has 1 N–H and O–H groups in total. The van der Waals surface area contributed by atoms with Crippen molar-refractivity contribution in [3.63, 3.8) is 0 Å². The van der Waals surface area contributed by atoms with Gasteiger partial charge >= 0.3 is 0 Å². The number of hydrogen-bond donors (Lipinski definition) is 1. The van der Waals surface area contributed by atoms with E-state index in [4.69, 9.17) is 0 Å². The maximum Gasteiger partial charge on any atom is 0.258 e. The predicted molar refractivity (Wildman–Crippen MR) is 94.8 cm³/mol. The molecule has 0 spiro atoms. The molecule has 0 saturated heterocycles. The van der Waals surface area contributed by atoms with Crippen molar-refractivity contribution < 1.29 is 4.79 Å². The average molecular weight is 332 g/mol. The minimum atomic E-state index is -0.232. The van der Waals surface area contributed by atoms with E-state index in [0.29, 0.717) is 11.3 Å². The van der Waals surface area contributed by atoms with E-state index in [1.54, 1.807) is 28.0 Å². The number of hydrogen-bond acceptors (Lipinski definition) is 4. The third-order valence-corrected chi connectivity index (χ3v) is 3.99. The van der Waals surface area contributed by atoms with Gasteiger partial charge < -0.3 is 5.32 Å². The molecule has 1 amide bonds. The number of carbonyl (C=O) groups is 1. The Morgan fingerprint density at radius 1 is 1.16 bits per heavy atom. The van der Waals surface area contributed by atoms with Crippen LogP contribution in [0.3, 0.4) is 0 Å². The topological polar surface area (TPSA) is 77.6 Å². The molecule has 0 radical (unpaired) electrons. The fourth-order valence-electron chi connectivity index (χ4n) is 2.74. The van der Waals surface area contributed by atoms with Gasteiger partial charge in [-0.2, -0.15) is 10.2 Å². The van der Waals surface area contributed by atoms with Crippen LogP contribution >= 0.6 is 0 Å². The van der Waals surface area contributed by atoms with Crippen LogP contribution in [0.5, 0.6) is 0 Å². The molecule has 3 aromatic heterocycles. The summed E-state index contributed by atoms with van der Waals surface area (Å²) in [4.78, 5) is 16.8. The summed E-state index contributed by atoms with van der Waals surface area (Å²) >= 11 is 0. The van der Waals surface area contributed by atoms with Crippen molar-refractivity contribution in [2.24, 2.45) is 7.05 Å². The Kier molecular flexibility index (Phi) is 3.53. The zero-order valence-electron chi connectivity index (χ0n) is 13.8. The molecular weight excluding hydrogens is 316 g/mol. The van der Waals surface area contributed by atoms with Crippen LogP contribution in [-0.2, 0) is 7.05 Å². The fourth-order valence-corrected chi connectivity index (χ4v) is 2.74. The molecule has 25 heavy (non-hydrogen) atoms. The second-order valence-corrected chi connectivity index (χ2v) is 5.77. The highest BCUT2D eigenvalue weighted by Gasteiger charge is 2.12. The Hall–Kier alpha value is -3.48. The molecule has 0 atom stereocenters. The number of fused-ring (bicyclic) bond motifs is 1.